The van der Waals surface area contributed by atoms with Gasteiger partial charge in [0.25, 0.3) is 11.4 Å². The molecular weight excluding hydrogens is 304 g/mol. The van der Waals surface area contributed by atoms with E-state index >= 15 is 0 Å². The molecule has 0 radical (unpaired) electrons. The highest BCUT2D eigenvalue weighted by molar-refractivity contribution is 5.52. The van der Waals surface area contributed by atoms with E-state index in [-0.39, 0.29) is 5.66 Å². The summed E-state index contributed by atoms with van der Waals surface area (Å²) in [6.07, 6.45) is 6.28. The summed E-state index contributed by atoms with van der Waals surface area (Å²) in [5, 5.41) is 0. The molecule has 2 aromatic heterocycles. The lowest BCUT2D eigenvalue weighted by atomic mass is 9.76. The molecule has 0 amide bonds. The number of nitrogens with zero attached hydrogens (tertiary/aromatic N) is 2. The molecule has 3 aromatic rings. The molecule has 2 heteroatoms. The van der Waals surface area contributed by atoms with Crippen molar-refractivity contribution < 1.29 is 9.13 Å². The molecular formula is C23H20N2+2. The first-order chi connectivity index (χ1) is 12.4. The quantitative estimate of drug-likeness (QED) is 0.561. The van der Waals surface area contributed by atoms with Crippen molar-refractivity contribution >= 4 is 0 Å². The van der Waals surface area contributed by atoms with Crippen LogP contribution in [0.1, 0.15) is 35.6 Å². The van der Waals surface area contributed by atoms with Crippen LogP contribution >= 0.6 is 0 Å². The van der Waals surface area contributed by atoms with Gasteiger partial charge in [0.05, 0.1) is 5.56 Å². The molecule has 2 aliphatic carbocycles. The Kier molecular flexibility index (Phi) is 2.06. The van der Waals surface area contributed by atoms with Crippen LogP contribution in [0.25, 0.3) is 11.4 Å². The fraction of sp³-hybridized carbons (Fsp3) is 0.304. The predicted molar refractivity (Wildman–Crippen MR) is 93.8 cm³/mol. The summed E-state index contributed by atoms with van der Waals surface area (Å²) in [7, 11) is 0. The van der Waals surface area contributed by atoms with Gasteiger partial charge in [-0.25, -0.2) is 0 Å². The lowest BCUT2D eigenvalue weighted by Gasteiger charge is -2.31. The zero-order chi connectivity index (χ0) is 16.2. The molecule has 120 valence electrons. The fourth-order valence-electron chi connectivity index (χ4n) is 6.80. The number of rotatable bonds is 0. The maximum absolute atomic E-state index is 2.70. The largest absolute Gasteiger partial charge is 0.393 e. The van der Waals surface area contributed by atoms with Gasteiger partial charge >= 0.3 is 5.66 Å². The summed E-state index contributed by atoms with van der Waals surface area (Å²) in [5.41, 5.74) is 7.38. The van der Waals surface area contributed by atoms with Gasteiger partial charge < -0.3 is 0 Å². The molecule has 0 N–H and O–H groups in total. The van der Waals surface area contributed by atoms with Gasteiger partial charge in [0.2, 0.25) is 0 Å². The van der Waals surface area contributed by atoms with E-state index in [9.17, 15) is 0 Å². The van der Waals surface area contributed by atoms with Crippen LogP contribution in [-0.2, 0) is 12.1 Å². The Morgan fingerprint density at radius 3 is 2.72 bits per heavy atom. The second kappa shape index (κ2) is 4.01. The number of fused-ring (bicyclic) bond motifs is 4. The molecule has 4 atom stereocenters. The van der Waals surface area contributed by atoms with Crippen LogP contribution in [0.4, 0.5) is 0 Å². The predicted octanol–water partition coefficient (Wildman–Crippen LogP) is 3.17. The van der Waals surface area contributed by atoms with Crippen LogP contribution in [0.5, 0.6) is 0 Å². The highest BCUT2D eigenvalue weighted by atomic mass is 15.4. The van der Waals surface area contributed by atoms with Crippen molar-refractivity contribution in [1.29, 1.82) is 0 Å². The molecule has 4 aliphatic rings. The van der Waals surface area contributed by atoms with E-state index in [1.807, 2.05) is 0 Å². The van der Waals surface area contributed by atoms with Crippen molar-refractivity contribution in [3.63, 3.8) is 0 Å². The molecule has 1 aromatic carbocycles. The maximum Gasteiger partial charge on any atom is 0.393 e. The number of pyridine rings is 2. The zero-order valence-corrected chi connectivity index (χ0v) is 14.1. The van der Waals surface area contributed by atoms with Crippen molar-refractivity contribution in [3.8, 4) is 11.4 Å². The van der Waals surface area contributed by atoms with Crippen LogP contribution in [-0.4, -0.2) is 0 Å². The maximum atomic E-state index is 2.70. The third-order valence-corrected chi connectivity index (χ3v) is 7.38. The Morgan fingerprint density at radius 1 is 0.840 bits per heavy atom. The zero-order valence-electron chi connectivity index (χ0n) is 14.1. The minimum atomic E-state index is -0.0385. The summed E-state index contributed by atoms with van der Waals surface area (Å²) in [4.78, 5) is 0. The van der Waals surface area contributed by atoms with Crippen LogP contribution in [0.3, 0.4) is 0 Å². The standard InChI is InChI=1S/C23H20N2/c1-2-8-19-17(7-1)18-12-11-15-14-16-6-5-10-21-20-9-3-4-13-24(20)23(19,22(15)18)25(16)21/h1-10,13,15,18,22H,11-12,14H2/q+2. The van der Waals surface area contributed by atoms with Gasteiger partial charge in [0, 0.05) is 36.6 Å². The molecule has 4 unspecified atom stereocenters. The lowest BCUT2D eigenvalue weighted by molar-refractivity contribution is -0.964. The summed E-state index contributed by atoms with van der Waals surface area (Å²) in [5.74, 6) is 2.21. The molecule has 4 heterocycles. The van der Waals surface area contributed by atoms with Gasteiger partial charge in [-0.05, 0) is 42.5 Å². The van der Waals surface area contributed by atoms with Crippen molar-refractivity contribution in [2.45, 2.75) is 30.8 Å². The van der Waals surface area contributed by atoms with Crippen molar-refractivity contribution in [2.75, 3.05) is 0 Å². The van der Waals surface area contributed by atoms with Crippen LogP contribution < -0.4 is 9.13 Å². The van der Waals surface area contributed by atoms with Crippen LogP contribution in [0, 0.1) is 11.8 Å². The van der Waals surface area contributed by atoms with Gasteiger partial charge in [-0.15, -0.1) is 9.13 Å². The summed E-state index contributed by atoms with van der Waals surface area (Å²) in [6.45, 7) is 0. The van der Waals surface area contributed by atoms with E-state index in [1.54, 1.807) is 11.1 Å². The Balaban J connectivity index is 1.73. The minimum absolute atomic E-state index is 0.0385. The SMILES string of the molecule is c1ccc2c(c1)C1CCC3Cc4cccc5[n+]4C2(C31)[n+]1ccccc1-5. The van der Waals surface area contributed by atoms with E-state index in [2.05, 4.69) is 76.0 Å². The molecule has 0 bridgehead atoms. The van der Waals surface area contributed by atoms with Gasteiger partial charge in [-0.2, -0.15) is 0 Å². The second-order valence-electron chi connectivity index (χ2n) is 8.18. The lowest BCUT2D eigenvalue weighted by Crippen LogP contribution is -2.76. The fourth-order valence-corrected chi connectivity index (χ4v) is 6.80. The third-order valence-electron chi connectivity index (χ3n) is 7.38. The summed E-state index contributed by atoms with van der Waals surface area (Å²) < 4.78 is 5.31. The van der Waals surface area contributed by atoms with Crippen molar-refractivity contribution in [3.05, 3.63) is 83.7 Å². The monoisotopic (exact) mass is 324 g/mol. The molecule has 2 aliphatic heterocycles. The number of hydrogen-bond acceptors (Lipinski definition) is 0. The normalized spacial score (nSPS) is 32.1. The van der Waals surface area contributed by atoms with E-state index in [0.717, 1.165) is 5.92 Å². The van der Waals surface area contributed by atoms with Gasteiger partial charge in [-0.1, -0.05) is 18.2 Å². The number of hydrogen-bond donors (Lipinski definition) is 0. The van der Waals surface area contributed by atoms with Crippen molar-refractivity contribution in [1.82, 2.24) is 0 Å². The average Bonchev–Trinajstić information content (AvgIpc) is 3.31. The Labute approximate surface area is 147 Å². The molecule has 2 nitrogen and oxygen atoms in total. The summed E-state index contributed by atoms with van der Waals surface area (Å²) in [6, 6.07) is 22.9. The van der Waals surface area contributed by atoms with E-state index < -0.39 is 0 Å². The Hall–Kier alpha value is -2.48. The minimum Gasteiger partial charge on any atom is -0.124 e. The molecule has 0 saturated heterocycles. The summed E-state index contributed by atoms with van der Waals surface area (Å²) >= 11 is 0. The molecule has 1 saturated carbocycles. The van der Waals surface area contributed by atoms with Crippen LogP contribution in [0.2, 0.25) is 0 Å². The Morgan fingerprint density at radius 2 is 1.72 bits per heavy atom. The molecule has 25 heavy (non-hydrogen) atoms. The highest BCUT2D eigenvalue weighted by Gasteiger charge is 2.76. The topological polar surface area (TPSA) is 7.76 Å². The third kappa shape index (κ3) is 1.20. The first kappa shape index (κ1) is 12.8. The Bertz CT molecular complexity index is 1070. The van der Waals surface area contributed by atoms with Gasteiger partial charge in [0.15, 0.2) is 11.9 Å². The van der Waals surface area contributed by atoms with Gasteiger partial charge in [0.1, 0.15) is 5.92 Å². The first-order valence-electron chi connectivity index (χ1n) is 9.56. The first-order valence-corrected chi connectivity index (χ1v) is 9.56. The molecule has 7 rings (SSSR count). The van der Waals surface area contributed by atoms with Gasteiger partial charge in [-0.3, -0.25) is 0 Å². The van der Waals surface area contributed by atoms with E-state index in [4.69, 9.17) is 0 Å². The van der Waals surface area contributed by atoms with E-state index in [0.29, 0.717) is 11.8 Å². The highest BCUT2D eigenvalue weighted by Crippen LogP contribution is 2.61. The van der Waals surface area contributed by atoms with Crippen LogP contribution in [0.15, 0.2) is 66.9 Å². The molecule has 1 spiro atoms. The van der Waals surface area contributed by atoms with Crippen molar-refractivity contribution in [2.24, 2.45) is 11.8 Å². The number of aromatic nitrogens is 2. The van der Waals surface area contributed by atoms with E-state index in [1.165, 1.54) is 36.3 Å². The molecule has 1 fully saturated rings. The average molecular weight is 324 g/mol. The number of benzene rings is 1. The second-order valence-corrected chi connectivity index (χ2v) is 8.18. The smallest absolute Gasteiger partial charge is 0.124 e.